The third-order valence-corrected chi connectivity index (χ3v) is 6.70. The Morgan fingerprint density at radius 3 is 2.97 bits per heavy atom. The first-order chi connectivity index (χ1) is 17.0. The molecule has 0 saturated heterocycles. The van der Waals surface area contributed by atoms with Crippen molar-refractivity contribution in [3.8, 4) is 12.0 Å². The van der Waals surface area contributed by atoms with E-state index >= 15 is 0 Å². The van der Waals surface area contributed by atoms with Crippen LogP contribution in [0.4, 0.5) is 0 Å². The Kier molecular flexibility index (Phi) is 4.99. The van der Waals surface area contributed by atoms with E-state index in [1.165, 1.54) is 4.57 Å². The number of hydrogen-bond donors (Lipinski definition) is 1. The fourth-order valence-corrected chi connectivity index (χ4v) is 4.78. The third kappa shape index (κ3) is 3.60. The van der Waals surface area contributed by atoms with Crippen LogP contribution in [0.15, 0.2) is 64.1 Å². The molecule has 0 radical (unpaired) electrons. The van der Waals surface area contributed by atoms with Crippen molar-refractivity contribution < 1.29 is 9.52 Å². The molecular formula is C26H22N6O3. The molecule has 1 aliphatic rings. The number of oxazole rings is 1. The normalized spacial score (nSPS) is 14.8. The predicted molar refractivity (Wildman–Crippen MR) is 129 cm³/mol. The van der Waals surface area contributed by atoms with Gasteiger partial charge in [0.05, 0.1) is 34.5 Å². The van der Waals surface area contributed by atoms with Crippen LogP contribution in [0.25, 0.3) is 28.0 Å². The molecule has 9 nitrogen and oxygen atoms in total. The minimum Gasteiger partial charge on any atom is -0.408 e. The van der Waals surface area contributed by atoms with Crippen LogP contribution in [-0.2, 0) is 20.0 Å². The van der Waals surface area contributed by atoms with Gasteiger partial charge in [0.25, 0.3) is 0 Å². The van der Waals surface area contributed by atoms with Gasteiger partial charge in [-0.15, -0.1) is 0 Å². The highest BCUT2D eigenvalue weighted by Crippen LogP contribution is 2.25. The van der Waals surface area contributed by atoms with Crippen molar-refractivity contribution >= 4 is 22.0 Å². The van der Waals surface area contributed by atoms with Crippen molar-refractivity contribution in [1.82, 2.24) is 24.0 Å². The molecule has 5 aromatic rings. The summed E-state index contributed by atoms with van der Waals surface area (Å²) in [5, 5.41) is 21.1. The van der Waals surface area contributed by atoms with E-state index in [2.05, 4.69) is 16.0 Å². The van der Waals surface area contributed by atoms with Crippen LogP contribution < -0.4 is 5.76 Å². The Bertz CT molecular complexity index is 1690. The van der Waals surface area contributed by atoms with Crippen LogP contribution >= 0.6 is 0 Å². The molecule has 0 saturated carbocycles. The van der Waals surface area contributed by atoms with Gasteiger partial charge in [0.1, 0.15) is 0 Å². The zero-order valence-electron chi connectivity index (χ0n) is 19.0. The Hall–Kier alpha value is -4.26. The van der Waals surface area contributed by atoms with Crippen LogP contribution in [-0.4, -0.2) is 42.2 Å². The summed E-state index contributed by atoms with van der Waals surface area (Å²) in [6, 6.07) is 15.1. The molecule has 6 rings (SSSR count). The Morgan fingerprint density at radius 1 is 1.23 bits per heavy atom. The lowest BCUT2D eigenvalue weighted by molar-refractivity contribution is 0.105. The first-order valence-corrected chi connectivity index (χ1v) is 11.4. The van der Waals surface area contributed by atoms with Crippen molar-refractivity contribution in [3.05, 3.63) is 87.8 Å². The van der Waals surface area contributed by atoms with E-state index in [1.54, 1.807) is 31.3 Å². The zero-order chi connectivity index (χ0) is 24.1. The van der Waals surface area contributed by atoms with Gasteiger partial charge in [-0.3, -0.25) is 14.0 Å². The van der Waals surface area contributed by atoms with E-state index in [0.29, 0.717) is 35.7 Å². The van der Waals surface area contributed by atoms with Gasteiger partial charge in [-0.2, -0.15) is 5.26 Å². The lowest BCUT2D eigenvalue weighted by Crippen LogP contribution is -2.34. The van der Waals surface area contributed by atoms with Gasteiger partial charge >= 0.3 is 5.76 Å². The molecule has 1 aliphatic heterocycles. The number of nitriles is 1. The molecule has 0 fully saturated rings. The van der Waals surface area contributed by atoms with Crippen molar-refractivity contribution in [3.63, 3.8) is 0 Å². The first-order valence-electron chi connectivity index (χ1n) is 11.4. The van der Waals surface area contributed by atoms with E-state index < -0.39 is 11.9 Å². The summed E-state index contributed by atoms with van der Waals surface area (Å²) in [5.41, 5.74) is 5.47. The number of nitrogens with zero attached hydrogens (tertiary/aromatic N) is 6. The molecule has 0 amide bonds. The van der Waals surface area contributed by atoms with Gasteiger partial charge in [0, 0.05) is 56.4 Å². The summed E-state index contributed by atoms with van der Waals surface area (Å²) in [5.74, 6) is 0.165. The largest absolute Gasteiger partial charge is 0.419 e. The Balaban J connectivity index is 1.21. The number of aliphatic hydroxyl groups is 1. The van der Waals surface area contributed by atoms with Crippen LogP contribution in [0, 0.1) is 11.3 Å². The molecule has 4 heterocycles. The maximum absolute atomic E-state index is 11.7. The summed E-state index contributed by atoms with van der Waals surface area (Å²) in [6.07, 6.45) is 3.79. The number of fused-ring (bicyclic) bond motifs is 3. The van der Waals surface area contributed by atoms with Crippen molar-refractivity contribution in [2.45, 2.75) is 19.1 Å². The number of aromatic nitrogens is 4. The number of benzene rings is 2. The van der Waals surface area contributed by atoms with Crippen LogP contribution in [0.5, 0.6) is 0 Å². The molecule has 0 spiro atoms. The second-order valence-corrected chi connectivity index (χ2v) is 8.83. The quantitative estimate of drug-likeness (QED) is 0.433. The highest BCUT2D eigenvalue weighted by Gasteiger charge is 2.22. The van der Waals surface area contributed by atoms with Gasteiger partial charge in [-0.25, -0.2) is 14.8 Å². The van der Waals surface area contributed by atoms with E-state index in [4.69, 9.17) is 9.40 Å². The van der Waals surface area contributed by atoms with Gasteiger partial charge in [0.2, 0.25) is 5.95 Å². The third-order valence-electron chi connectivity index (χ3n) is 6.70. The number of rotatable bonds is 4. The van der Waals surface area contributed by atoms with Crippen LogP contribution in [0.3, 0.4) is 0 Å². The molecule has 1 unspecified atom stereocenters. The standard InChI is InChI=1S/C26H22N6O3/c1-30-22-11-16(5-6-24(22)35-26(30)34)23(33)15-31-9-8-20-18(14-31)13-28-25(29-20)32-10-7-19-17(12-27)3-2-4-21(19)32/h2-7,10-11,13,23,33H,8-9,14-15H2,1H3. The SMILES string of the molecule is Cn1c(=O)oc2ccc(C(O)CN3CCc4nc(-n5ccc6c(C#N)cccc65)ncc4C3)cc21. The number of aryl methyl sites for hydroxylation is 1. The minimum atomic E-state index is -0.702. The molecule has 0 aliphatic carbocycles. The summed E-state index contributed by atoms with van der Waals surface area (Å²) in [4.78, 5) is 23.3. The Morgan fingerprint density at radius 2 is 2.11 bits per heavy atom. The minimum absolute atomic E-state index is 0.419. The average Bonchev–Trinajstić information content (AvgIpc) is 3.44. The Labute approximate surface area is 200 Å². The van der Waals surface area contributed by atoms with E-state index in [0.717, 1.165) is 40.7 Å². The highest BCUT2D eigenvalue weighted by atomic mass is 16.4. The lowest BCUT2D eigenvalue weighted by atomic mass is 10.0. The number of hydrogen-bond acceptors (Lipinski definition) is 7. The van der Waals surface area contributed by atoms with Crippen LogP contribution in [0.1, 0.15) is 28.5 Å². The first kappa shape index (κ1) is 21.3. The van der Waals surface area contributed by atoms with Crippen LogP contribution in [0.2, 0.25) is 0 Å². The van der Waals surface area contributed by atoms with Crippen molar-refractivity contribution in [2.75, 3.05) is 13.1 Å². The topological polar surface area (TPSA) is 113 Å². The molecule has 1 atom stereocenters. The average molecular weight is 467 g/mol. The van der Waals surface area contributed by atoms with E-state index in [9.17, 15) is 15.2 Å². The fourth-order valence-electron chi connectivity index (χ4n) is 4.78. The highest BCUT2D eigenvalue weighted by molar-refractivity contribution is 5.87. The lowest BCUT2D eigenvalue weighted by Gasteiger charge is -2.29. The number of β-amino-alcohol motifs (C(OH)–C–C–N with tert-alkyl or cyclic N) is 1. The monoisotopic (exact) mass is 466 g/mol. The fraction of sp³-hybridized carbons (Fsp3) is 0.231. The molecule has 174 valence electrons. The second kappa shape index (κ2) is 8.20. The molecule has 0 bridgehead atoms. The summed E-state index contributed by atoms with van der Waals surface area (Å²) >= 11 is 0. The summed E-state index contributed by atoms with van der Waals surface area (Å²) in [7, 11) is 1.65. The predicted octanol–water partition coefficient (Wildman–Crippen LogP) is 2.83. The van der Waals surface area contributed by atoms with Crippen molar-refractivity contribution in [2.24, 2.45) is 7.05 Å². The van der Waals surface area contributed by atoms with E-state index in [-0.39, 0.29) is 0 Å². The maximum atomic E-state index is 11.7. The summed E-state index contributed by atoms with van der Waals surface area (Å²) < 4.78 is 8.53. The molecule has 2 aromatic carbocycles. The molecular weight excluding hydrogens is 444 g/mol. The smallest absolute Gasteiger partial charge is 0.408 e. The zero-order valence-corrected chi connectivity index (χ0v) is 19.0. The molecule has 9 heteroatoms. The van der Waals surface area contributed by atoms with E-state index in [1.807, 2.05) is 35.2 Å². The van der Waals surface area contributed by atoms with Crippen molar-refractivity contribution in [1.29, 1.82) is 5.26 Å². The van der Waals surface area contributed by atoms with Gasteiger partial charge in [-0.05, 0) is 35.9 Å². The van der Waals surface area contributed by atoms with Gasteiger partial charge in [-0.1, -0.05) is 12.1 Å². The summed E-state index contributed by atoms with van der Waals surface area (Å²) in [6.45, 7) is 1.86. The number of aliphatic hydroxyl groups excluding tert-OH is 1. The van der Waals surface area contributed by atoms with Gasteiger partial charge < -0.3 is 9.52 Å². The maximum Gasteiger partial charge on any atom is 0.419 e. The molecule has 3 aromatic heterocycles. The molecule has 35 heavy (non-hydrogen) atoms. The molecule has 1 N–H and O–H groups in total. The second-order valence-electron chi connectivity index (χ2n) is 8.83. The van der Waals surface area contributed by atoms with Gasteiger partial charge in [0.15, 0.2) is 5.58 Å².